The van der Waals surface area contributed by atoms with Gasteiger partial charge in [0.05, 0.1) is 5.41 Å². The maximum absolute atomic E-state index is 6.84. The molecule has 0 atom stereocenters. The fraction of sp³-hybridized carbons (Fsp3) is 0.0256. The molecule has 0 radical (unpaired) electrons. The third-order valence-corrected chi connectivity index (χ3v) is 8.74. The Labute approximate surface area is 248 Å². The van der Waals surface area contributed by atoms with Crippen molar-refractivity contribution in [2.45, 2.75) is 5.41 Å². The molecule has 0 fully saturated rings. The molecule has 2 heterocycles. The van der Waals surface area contributed by atoms with Crippen LogP contribution in [0.4, 0.5) is 0 Å². The summed E-state index contributed by atoms with van der Waals surface area (Å²) in [5.41, 5.74) is 10.6. The highest BCUT2D eigenvalue weighted by Crippen LogP contribution is 2.63. The maximum Gasteiger partial charge on any atom is 0.248 e. The van der Waals surface area contributed by atoms with Crippen LogP contribution in [0.2, 0.25) is 0 Å². The van der Waals surface area contributed by atoms with E-state index in [2.05, 4.69) is 107 Å². The van der Waals surface area contributed by atoms with Crippen LogP contribution in [0.25, 0.3) is 45.2 Å². The van der Waals surface area contributed by atoms with E-state index in [1.807, 2.05) is 48.5 Å². The average molecular weight is 553 g/mol. The maximum atomic E-state index is 6.84. The molecule has 2 aliphatic rings. The molecule has 1 aliphatic carbocycles. The van der Waals surface area contributed by atoms with E-state index in [1.165, 1.54) is 22.3 Å². The molecule has 1 aliphatic heterocycles. The van der Waals surface area contributed by atoms with Gasteiger partial charge in [-0.1, -0.05) is 115 Å². The minimum Gasteiger partial charge on any atom is -0.456 e. The zero-order valence-corrected chi connectivity index (χ0v) is 23.1. The fourth-order valence-corrected chi connectivity index (χ4v) is 6.96. The molecule has 4 nitrogen and oxygen atoms in total. The number of hydrogen-bond acceptors (Lipinski definition) is 4. The minimum atomic E-state index is -0.498. The Hall–Kier alpha value is -5.74. The van der Waals surface area contributed by atoms with Crippen LogP contribution < -0.4 is 4.74 Å². The predicted molar refractivity (Wildman–Crippen MR) is 168 cm³/mol. The Morgan fingerprint density at radius 1 is 0.419 bits per heavy atom. The molecular weight excluding hydrogens is 528 g/mol. The Morgan fingerprint density at radius 3 is 1.72 bits per heavy atom. The Balaban J connectivity index is 1.25. The number of benzene rings is 6. The molecule has 0 bridgehead atoms. The third-order valence-electron chi connectivity index (χ3n) is 8.74. The normalized spacial score (nSPS) is 13.5. The van der Waals surface area contributed by atoms with Gasteiger partial charge < -0.3 is 9.15 Å². The second-order valence-corrected chi connectivity index (χ2v) is 11.0. The Morgan fingerprint density at radius 2 is 0.953 bits per heavy atom. The molecule has 0 N–H and O–H groups in total. The molecule has 43 heavy (non-hydrogen) atoms. The molecule has 6 aromatic carbocycles. The summed E-state index contributed by atoms with van der Waals surface area (Å²) in [7, 11) is 0. The number of para-hydroxylation sites is 2. The summed E-state index contributed by atoms with van der Waals surface area (Å²) in [6.07, 6.45) is 0. The predicted octanol–water partition coefficient (Wildman–Crippen LogP) is 9.54. The zero-order valence-electron chi connectivity index (χ0n) is 23.1. The van der Waals surface area contributed by atoms with Crippen molar-refractivity contribution in [1.82, 2.24) is 10.2 Å². The van der Waals surface area contributed by atoms with Crippen molar-refractivity contribution in [2.24, 2.45) is 0 Å². The van der Waals surface area contributed by atoms with Gasteiger partial charge in [0, 0.05) is 27.8 Å². The van der Waals surface area contributed by atoms with Gasteiger partial charge in [0.25, 0.3) is 0 Å². The summed E-state index contributed by atoms with van der Waals surface area (Å²) in [5.74, 6) is 2.71. The molecule has 9 rings (SSSR count). The standard InChI is InChI=1S/C39H24N2O2/c1-2-12-25(13-3-1)37-40-41-38(43-37)27-15-10-14-26(24-27)28-18-11-22-34-36(28)42-35-23-9-8-21-33(35)39(34)31-19-6-4-16-29(31)30-17-5-7-20-32(30)39/h1-24H. The SMILES string of the molecule is c1ccc(-c2nnc(-c3cccc(-c4cccc5c4Oc4ccccc4C54c5ccccc5-c5ccccc54)c3)o2)cc1. The third kappa shape index (κ3) is 3.38. The highest BCUT2D eigenvalue weighted by atomic mass is 16.5. The summed E-state index contributed by atoms with van der Waals surface area (Å²) in [6, 6.07) is 50.6. The highest BCUT2D eigenvalue weighted by Gasteiger charge is 2.51. The molecule has 1 aromatic heterocycles. The van der Waals surface area contributed by atoms with Crippen LogP contribution >= 0.6 is 0 Å². The van der Waals surface area contributed by atoms with Gasteiger partial charge in [-0.2, -0.15) is 0 Å². The number of rotatable bonds is 3. The van der Waals surface area contributed by atoms with Crippen LogP contribution in [0.15, 0.2) is 150 Å². The van der Waals surface area contributed by atoms with Crippen molar-refractivity contribution in [2.75, 3.05) is 0 Å². The molecule has 0 unspecified atom stereocenters. The Kier molecular flexibility index (Phi) is 5.08. The topological polar surface area (TPSA) is 48.2 Å². The lowest BCUT2D eigenvalue weighted by Gasteiger charge is -2.40. The van der Waals surface area contributed by atoms with Crippen LogP contribution in [-0.4, -0.2) is 10.2 Å². The van der Waals surface area contributed by atoms with Crippen molar-refractivity contribution in [3.63, 3.8) is 0 Å². The van der Waals surface area contributed by atoms with E-state index >= 15 is 0 Å². The monoisotopic (exact) mass is 552 g/mol. The fourth-order valence-electron chi connectivity index (χ4n) is 6.96. The lowest BCUT2D eigenvalue weighted by molar-refractivity contribution is 0.438. The molecule has 0 saturated carbocycles. The first kappa shape index (κ1) is 23.9. The number of aromatic nitrogens is 2. The summed E-state index contributed by atoms with van der Waals surface area (Å²) in [5, 5.41) is 8.68. The van der Waals surface area contributed by atoms with Gasteiger partial charge in [0.1, 0.15) is 11.5 Å². The number of hydrogen-bond donors (Lipinski definition) is 0. The molecule has 1 spiro atoms. The van der Waals surface area contributed by atoms with Crippen molar-refractivity contribution < 1.29 is 9.15 Å². The molecule has 0 saturated heterocycles. The molecule has 4 heteroatoms. The van der Waals surface area contributed by atoms with Crippen LogP contribution in [0, 0.1) is 0 Å². The van der Waals surface area contributed by atoms with Gasteiger partial charge in [-0.15, -0.1) is 10.2 Å². The van der Waals surface area contributed by atoms with E-state index in [0.717, 1.165) is 44.9 Å². The average Bonchev–Trinajstić information content (AvgIpc) is 3.69. The number of nitrogens with zero attached hydrogens (tertiary/aromatic N) is 2. The van der Waals surface area contributed by atoms with E-state index in [4.69, 9.17) is 9.15 Å². The van der Waals surface area contributed by atoms with Gasteiger partial charge >= 0.3 is 0 Å². The summed E-state index contributed by atoms with van der Waals surface area (Å²) in [6.45, 7) is 0. The molecular formula is C39H24N2O2. The van der Waals surface area contributed by atoms with Crippen molar-refractivity contribution >= 4 is 0 Å². The lowest BCUT2D eigenvalue weighted by Crippen LogP contribution is -2.32. The van der Waals surface area contributed by atoms with Gasteiger partial charge in [-0.05, 0) is 58.1 Å². The van der Waals surface area contributed by atoms with Crippen LogP contribution in [0.1, 0.15) is 22.3 Å². The van der Waals surface area contributed by atoms with E-state index in [0.29, 0.717) is 11.8 Å². The summed E-state index contributed by atoms with van der Waals surface area (Å²) in [4.78, 5) is 0. The van der Waals surface area contributed by atoms with Crippen LogP contribution in [0.3, 0.4) is 0 Å². The van der Waals surface area contributed by atoms with Crippen LogP contribution in [0.5, 0.6) is 11.5 Å². The van der Waals surface area contributed by atoms with Gasteiger partial charge in [0.2, 0.25) is 11.8 Å². The van der Waals surface area contributed by atoms with Crippen molar-refractivity contribution in [1.29, 1.82) is 0 Å². The number of fused-ring (bicyclic) bond motifs is 9. The highest BCUT2D eigenvalue weighted by molar-refractivity contribution is 5.90. The largest absolute Gasteiger partial charge is 0.456 e. The molecule has 0 amide bonds. The minimum absolute atomic E-state index is 0.479. The second kappa shape index (κ2) is 9.13. The first-order valence-corrected chi connectivity index (χ1v) is 14.4. The smallest absolute Gasteiger partial charge is 0.248 e. The van der Waals surface area contributed by atoms with Crippen molar-refractivity contribution in [3.8, 4) is 56.7 Å². The van der Waals surface area contributed by atoms with Gasteiger partial charge in [-0.25, -0.2) is 0 Å². The lowest BCUT2D eigenvalue weighted by atomic mass is 9.65. The second-order valence-electron chi connectivity index (χ2n) is 11.0. The summed E-state index contributed by atoms with van der Waals surface area (Å²) < 4.78 is 12.9. The van der Waals surface area contributed by atoms with Crippen molar-refractivity contribution in [3.05, 3.63) is 168 Å². The first-order chi connectivity index (χ1) is 21.3. The van der Waals surface area contributed by atoms with Gasteiger partial charge in [0.15, 0.2) is 0 Å². The van der Waals surface area contributed by atoms with E-state index < -0.39 is 5.41 Å². The van der Waals surface area contributed by atoms with E-state index in [-0.39, 0.29) is 0 Å². The molecule has 202 valence electrons. The summed E-state index contributed by atoms with van der Waals surface area (Å²) >= 11 is 0. The van der Waals surface area contributed by atoms with E-state index in [1.54, 1.807) is 0 Å². The quantitative estimate of drug-likeness (QED) is 0.219. The Bertz CT molecular complexity index is 2130. The van der Waals surface area contributed by atoms with Crippen LogP contribution in [-0.2, 0) is 5.41 Å². The first-order valence-electron chi connectivity index (χ1n) is 14.4. The van der Waals surface area contributed by atoms with Gasteiger partial charge in [-0.3, -0.25) is 0 Å². The zero-order chi connectivity index (χ0) is 28.4. The molecule has 7 aromatic rings. The number of ether oxygens (including phenoxy) is 1. The van der Waals surface area contributed by atoms with E-state index in [9.17, 15) is 0 Å².